The molecule has 8 heteroatoms. The first kappa shape index (κ1) is 19.1. The molecule has 0 atom stereocenters. The molecule has 1 fully saturated rings. The second kappa shape index (κ2) is 6.59. The van der Waals surface area contributed by atoms with Crippen LogP contribution in [0.5, 0.6) is 0 Å². The molecule has 0 spiro atoms. The normalized spacial score (nSPS) is 19.4. The molecule has 1 aromatic rings. The van der Waals surface area contributed by atoms with Crippen molar-refractivity contribution < 1.29 is 15.0 Å². The highest BCUT2D eigenvalue weighted by Crippen LogP contribution is 2.25. The standard InChI is InChI=1S/C17H26N4O4/c1-16(2)9-12(10-17(3,4)18-16)19(5)14(22)11-20-8-6-7-13(15(20)23)21(24)25/h6-8,12,18H,9-11H2,1-5H3/p+1. The fourth-order valence-electron chi connectivity index (χ4n) is 3.98. The molecule has 0 bridgehead atoms. The van der Waals surface area contributed by atoms with Crippen LogP contribution in [0.4, 0.5) is 5.69 Å². The fourth-order valence-corrected chi connectivity index (χ4v) is 3.98. The van der Waals surface area contributed by atoms with Crippen molar-refractivity contribution in [1.82, 2.24) is 9.47 Å². The number of rotatable bonds is 4. The highest BCUT2D eigenvalue weighted by Gasteiger charge is 2.43. The number of piperidine rings is 1. The second-order valence-corrected chi connectivity index (χ2v) is 8.27. The first-order valence-corrected chi connectivity index (χ1v) is 8.38. The highest BCUT2D eigenvalue weighted by atomic mass is 16.6. The zero-order valence-corrected chi connectivity index (χ0v) is 15.5. The van der Waals surface area contributed by atoms with Crippen LogP contribution in [-0.2, 0) is 11.3 Å². The van der Waals surface area contributed by atoms with Crippen LogP contribution in [0.25, 0.3) is 0 Å². The van der Waals surface area contributed by atoms with Gasteiger partial charge in [0.2, 0.25) is 5.91 Å². The van der Waals surface area contributed by atoms with Crippen molar-refractivity contribution in [2.24, 2.45) is 0 Å². The number of amides is 1. The minimum atomic E-state index is -0.758. The molecule has 1 amide bonds. The number of hydrogen-bond donors (Lipinski definition) is 1. The van der Waals surface area contributed by atoms with Crippen LogP contribution >= 0.6 is 0 Å². The van der Waals surface area contributed by atoms with E-state index in [-0.39, 0.29) is 29.6 Å². The minimum Gasteiger partial charge on any atom is -0.341 e. The Bertz CT molecular complexity index is 722. The third-order valence-corrected chi connectivity index (χ3v) is 4.75. The zero-order valence-electron chi connectivity index (χ0n) is 15.5. The zero-order chi connectivity index (χ0) is 19.0. The van der Waals surface area contributed by atoms with E-state index in [0.717, 1.165) is 23.5 Å². The summed E-state index contributed by atoms with van der Waals surface area (Å²) in [6.45, 7) is 8.43. The van der Waals surface area contributed by atoms with Gasteiger partial charge in [-0.25, -0.2) is 0 Å². The maximum atomic E-state index is 12.7. The van der Waals surface area contributed by atoms with Crippen LogP contribution in [0.2, 0.25) is 0 Å². The molecular formula is C17H27N4O4+. The summed E-state index contributed by atoms with van der Waals surface area (Å²) in [4.78, 5) is 36.6. The van der Waals surface area contributed by atoms with Gasteiger partial charge < -0.3 is 14.8 Å². The third kappa shape index (κ3) is 4.45. The van der Waals surface area contributed by atoms with Crippen LogP contribution in [0.3, 0.4) is 0 Å². The van der Waals surface area contributed by atoms with Gasteiger partial charge in [0.25, 0.3) is 0 Å². The van der Waals surface area contributed by atoms with Gasteiger partial charge in [0, 0.05) is 38.2 Å². The topological polar surface area (TPSA) is 102 Å². The molecule has 2 rings (SSSR count). The third-order valence-electron chi connectivity index (χ3n) is 4.75. The molecule has 0 radical (unpaired) electrons. The molecule has 138 valence electrons. The smallest absolute Gasteiger partial charge is 0.334 e. The van der Waals surface area contributed by atoms with Gasteiger partial charge in [-0.2, -0.15) is 0 Å². The van der Waals surface area contributed by atoms with Crippen molar-refractivity contribution in [3.63, 3.8) is 0 Å². The van der Waals surface area contributed by atoms with Gasteiger partial charge in [-0.15, -0.1) is 0 Å². The van der Waals surface area contributed by atoms with Crippen LogP contribution in [0, 0.1) is 10.1 Å². The van der Waals surface area contributed by atoms with Crippen LogP contribution < -0.4 is 10.9 Å². The van der Waals surface area contributed by atoms with Gasteiger partial charge in [-0.3, -0.25) is 19.7 Å². The lowest BCUT2D eigenvalue weighted by Crippen LogP contribution is -3.06. The summed E-state index contributed by atoms with van der Waals surface area (Å²) < 4.78 is 1.10. The molecule has 0 aromatic carbocycles. The Morgan fingerprint density at radius 1 is 1.36 bits per heavy atom. The van der Waals surface area contributed by atoms with Gasteiger partial charge in [-0.05, 0) is 33.8 Å². The lowest BCUT2D eigenvalue weighted by molar-refractivity contribution is -0.788. The van der Waals surface area contributed by atoms with Crippen molar-refractivity contribution in [2.75, 3.05) is 7.05 Å². The fraction of sp³-hybridized carbons (Fsp3) is 0.647. The van der Waals surface area contributed by atoms with Crippen molar-refractivity contribution in [3.05, 3.63) is 38.8 Å². The molecule has 1 aromatic heterocycles. The van der Waals surface area contributed by atoms with E-state index in [2.05, 4.69) is 33.0 Å². The van der Waals surface area contributed by atoms with Crippen LogP contribution in [-0.4, -0.2) is 44.5 Å². The summed E-state index contributed by atoms with van der Waals surface area (Å²) in [5, 5.41) is 13.2. The Balaban J connectivity index is 2.17. The van der Waals surface area contributed by atoms with Gasteiger partial charge in [-0.1, -0.05) is 0 Å². The van der Waals surface area contributed by atoms with E-state index >= 15 is 0 Å². The maximum absolute atomic E-state index is 12.7. The van der Waals surface area contributed by atoms with Crippen molar-refractivity contribution in [1.29, 1.82) is 0 Å². The summed E-state index contributed by atoms with van der Waals surface area (Å²) in [6.07, 6.45) is 3.11. The Labute approximate surface area is 147 Å². The number of nitro groups is 1. The highest BCUT2D eigenvalue weighted by molar-refractivity contribution is 5.76. The van der Waals surface area contributed by atoms with Crippen molar-refractivity contribution >= 4 is 11.6 Å². The van der Waals surface area contributed by atoms with Gasteiger partial charge in [0.15, 0.2) is 0 Å². The predicted molar refractivity (Wildman–Crippen MR) is 93.2 cm³/mol. The molecule has 0 aliphatic carbocycles. The molecule has 1 aliphatic heterocycles. The van der Waals surface area contributed by atoms with Gasteiger partial charge in [0.1, 0.15) is 6.54 Å². The SMILES string of the molecule is CN(C(=O)Cn1cccc([N+](=O)[O-])c1=O)C1CC(C)(C)[NH2+]C(C)(C)C1. The molecular weight excluding hydrogens is 324 g/mol. The molecule has 0 unspecified atom stereocenters. The number of likely N-dealkylation sites (N-methyl/N-ethyl adjacent to an activating group) is 1. The van der Waals surface area contributed by atoms with Crippen LogP contribution in [0.1, 0.15) is 40.5 Å². The molecule has 2 heterocycles. The minimum absolute atomic E-state index is 0.0172. The number of hydrogen-bond acceptors (Lipinski definition) is 4. The Morgan fingerprint density at radius 2 is 1.92 bits per heavy atom. The lowest BCUT2D eigenvalue weighted by Gasteiger charge is -2.45. The van der Waals surface area contributed by atoms with E-state index < -0.39 is 16.2 Å². The number of pyridine rings is 1. The van der Waals surface area contributed by atoms with Crippen molar-refractivity contribution in [3.8, 4) is 0 Å². The number of quaternary nitrogens is 1. The quantitative estimate of drug-likeness (QED) is 0.630. The van der Waals surface area contributed by atoms with E-state index in [0.29, 0.717) is 0 Å². The van der Waals surface area contributed by atoms with E-state index in [9.17, 15) is 19.7 Å². The Hall–Kier alpha value is -2.22. The van der Waals surface area contributed by atoms with E-state index in [4.69, 9.17) is 0 Å². The summed E-state index contributed by atoms with van der Waals surface area (Å²) in [6, 6.07) is 2.63. The molecule has 2 N–H and O–H groups in total. The Kier molecular flexibility index (Phi) is 5.04. The molecule has 1 aliphatic rings. The first-order valence-electron chi connectivity index (χ1n) is 8.38. The number of carbonyl (C=O) groups is 1. The van der Waals surface area contributed by atoms with Gasteiger partial charge in [0.05, 0.1) is 16.0 Å². The molecule has 1 saturated heterocycles. The monoisotopic (exact) mass is 351 g/mol. The van der Waals surface area contributed by atoms with Crippen molar-refractivity contribution in [2.45, 2.75) is 64.2 Å². The second-order valence-electron chi connectivity index (χ2n) is 8.27. The number of nitrogens with zero attached hydrogens (tertiary/aromatic N) is 3. The van der Waals surface area contributed by atoms with E-state index in [1.54, 1.807) is 11.9 Å². The summed E-state index contributed by atoms with van der Waals surface area (Å²) in [7, 11) is 1.74. The van der Waals surface area contributed by atoms with E-state index in [1.165, 1.54) is 12.3 Å². The van der Waals surface area contributed by atoms with E-state index in [1.807, 2.05) is 0 Å². The molecule has 25 heavy (non-hydrogen) atoms. The van der Waals surface area contributed by atoms with Crippen LogP contribution in [0.15, 0.2) is 23.1 Å². The number of carbonyl (C=O) groups excluding carboxylic acids is 1. The largest absolute Gasteiger partial charge is 0.341 e. The average Bonchev–Trinajstić information content (AvgIpc) is 2.45. The number of aromatic nitrogens is 1. The maximum Gasteiger partial charge on any atom is 0.334 e. The molecule has 8 nitrogen and oxygen atoms in total. The lowest BCUT2D eigenvalue weighted by atomic mass is 9.79. The predicted octanol–water partition coefficient (Wildman–Crippen LogP) is 0.498. The summed E-state index contributed by atoms with van der Waals surface area (Å²) in [5.41, 5.74) is -1.24. The Morgan fingerprint density at radius 3 is 2.44 bits per heavy atom. The number of nitrogens with two attached hydrogens (primary N) is 1. The first-order chi connectivity index (χ1) is 11.4. The average molecular weight is 351 g/mol. The van der Waals surface area contributed by atoms with Gasteiger partial charge >= 0.3 is 11.2 Å². The summed E-state index contributed by atoms with van der Waals surface area (Å²) in [5.74, 6) is -0.221. The molecule has 0 saturated carbocycles. The summed E-state index contributed by atoms with van der Waals surface area (Å²) >= 11 is 0.